The van der Waals surface area contributed by atoms with Gasteiger partial charge < -0.3 is 4.90 Å². The molecule has 0 spiro atoms. The van der Waals surface area contributed by atoms with E-state index in [0.717, 1.165) is 12.1 Å². The van der Waals surface area contributed by atoms with Crippen molar-refractivity contribution in [3.63, 3.8) is 0 Å². The van der Waals surface area contributed by atoms with Crippen LogP contribution in [-0.2, 0) is 0 Å². The van der Waals surface area contributed by atoms with Gasteiger partial charge in [0.1, 0.15) is 0 Å². The average Bonchev–Trinajstić information content (AvgIpc) is 3.20. The van der Waals surface area contributed by atoms with Crippen molar-refractivity contribution in [2.75, 3.05) is 11.4 Å². The first-order valence-corrected chi connectivity index (χ1v) is 6.23. The Kier molecular flexibility index (Phi) is 2.71. The van der Waals surface area contributed by atoms with E-state index in [9.17, 15) is 10.1 Å². The molecule has 0 amide bonds. The van der Waals surface area contributed by atoms with E-state index in [4.69, 9.17) is 0 Å². The molecule has 4 heteroatoms. The Morgan fingerprint density at radius 1 is 1.11 bits per heavy atom. The van der Waals surface area contributed by atoms with Gasteiger partial charge >= 0.3 is 0 Å². The molecular formula is C15H14N2O2. The number of hydrogen-bond acceptors (Lipinski definition) is 3. The molecule has 1 heterocycles. The standard InChI is InChI=1S/C15H14N2O2/c1-11-2-6-13(7-3-11)16-10-15(16)12-4-8-14(9-5-12)17(18)19/h2-9,15H,10H2,1H3. The molecule has 0 aliphatic carbocycles. The molecule has 0 saturated carbocycles. The van der Waals surface area contributed by atoms with Gasteiger partial charge in [-0.25, -0.2) is 0 Å². The van der Waals surface area contributed by atoms with Crippen LogP contribution in [0, 0.1) is 17.0 Å². The lowest BCUT2D eigenvalue weighted by atomic mass is 10.1. The molecule has 3 rings (SSSR count). The molecule has 1 aliphatic rings. The van der Waals surface area contributed by atoms with Crippen LogP contribution >= 0.6 is 0 Å². The van der Waals surface area contributed by atoms with Crippen LogP contribution < -0.4 is 4.90 Å². The molecule has 1 fully saturated rings. The fraction of sp³-hybridized carbons (Fsp3) is 0.200. The molecule has 1 saturated heterocycles. The van der Waals surface area contributed by atoms with E-state index >= 15 is 0 Å². The summed E-state index contributed by atoms with van der Waals surface area (Å²) in [7, 11) is 0. The summed E-state index contributed by atoms with van der Waals surface area (Å²) < 4.78 is 0. The largest absolute Gasteiger partial charge is 0.360 e. The Balaban J connectivity index is 1.75. The second-order valence-electron chi connectivity index (χ2n) is 4.85. The van der Waals surface area contributed by atoms with Crippen LogP contribution in [0.3, 0.4) is 0 Å². The number of anilines is 1. The number of nitrogens with zero attached hydrogens (tertiary/aromatic N) is 2. The third-order valence-corrected chi connectivity index (χ3v) is 3.47. The minimum Gasteiger partial charge on any atom is -0.360 e. The second kappa shape index (κ2) is 4.39. The third-order valence-electron chi connectivity index (χ3n) is 3.47. The molecule has 96 valence electrons. The van der Waals surface area contributed by atoms with Gasteiger partial charge in [0, 0.05) is 24.4 Å². The topological polar surface area (TPSA) is 46.1 Å². The Bertz CT molecular complexity index is 605. The van der Waals surface area contributed by atoms with Gasteiger partial charge in [0.2, 0.25) is 0 Å². The van der Waals surface area contributed by atoms with E-state index in [2.05, 4.69) is 36.1 Å². The first-order valence-electron chi connectivity index (χ1n) is 6.23. The molecule has 1 aliphatic heterocycles. The number of hydrogen-bond donors (Lipinski definition) is 0. The summed E-state index contributed by atoms with van der Waals surface area (Å²) in [6.07, 6.45) is 0. The molecule has 4 nitrogen and oxygen atoms in total. The van der Waals surface area contributed by atoms with Crippen LogP contribution in [-0.4, -0.2) is 11.5 Å². The maximum Gasteiger partial charge on any atom is 0.269 e. The van der Waals surface area contributed by atoms with Crippen LogP contribution in [0.25, 0.3) is 0 Å². The summed E-state index contributed by atoms with van der Waals surface area (Å²) in [6.45, 7) is 3.04. The highest BCUT2D eigenvalue weighted by Gasteiger charge is 2.35. The van der Waals surface area contributed by atoms with Crippen LogP contribution in [0.2, 0.25) is 0 Å². The smallest absolute Gasteiger partial charge is 0.269 e. The predicted octanol–water partition coefficient (Wildman–Crippen LogP) is 3.46. The van der Waals surface area contributed by atoms with Crippen molar-refractivity contribution in [2.45, 2.75) is 13.0 Å². The fourth-order valence-corrected chi connectivity index (χ4v) is 2.26. The Morgan fingerprint density at radius 2 is 1.74 bits per heavy atom. The summed E-state index contributed by atoms with van der Waals surface area (Å²) in [5.41, 5.74) is 3.73. The number of benzene rings is 2. The lowest BCUT2D eigenvalue weighted by Gasteiger charge is -2.06. The zero-order chi connectivity index (χ0) is 13.4. The molecule has 2 aromatic carbocycles. The lowest BCUT2D eigenvalue weighted by Crippen LogP contribution is -1.95. The highest BCUT2D eigenvalue weighted by Crippen LogP contribution is 2.39. The third kappa shape index (κ3) is 2.29. The SMILES string of the molecule is Cc1ccc(N2CC2c2ccc([N+](=O)[O-])cc2)cc1. The van der Waals surface area contributed by atoms with Gasteiger partial charge in [0.25, 0.3) is 5.69 Å². The normalized spacial score (nSPS) is 17.3. The predicted molar refractivity (Wildman–Crippen MR) is 74.4 cm³/mol. The van der Waals surface area contributed by atoms with Gasteiger partial charge in [-0.2, -0.15) is 0 Å². The van der Waals surface area contributed by atoms with Crippen LogP contribution in [0.4, 0.5) is 11.4 Å². The van der Waals surface area contributed by atoms with Gasteiger partial charge in [0.15, 0.2) is 0 Å². The summed E-state index contributed by atoms with van der Waals surface area (Å²) in [4.78, 5) is 12.5. The first-order chi connectivity index (χ1) is 9.15. The van der Waals surface area contributed by atoms with Gasteiger partial charge in [0.05, 0.1) is 11.0 Å². The number of nitro benzene ring substituents is 1. The summed E-state index contributed by atoms with van der Waals surface area (Å²) >= 11 is 0. The highest BCUT2D eigenvalue weighted by molar-refractivity contribution is 5.57. The molecule has 1 atom stereocenters. The highest BCUT2D eigenvalue weighted by atomic mass is 16.6. The molecule has 0 aromatic heterocycles. The van der Waals surface area contributed by atoms with E-state index < -0.39 is 0 Å². The molecule has 19 heavy (non-hydrogen) atoms. The monoisotopic (exact) mass is 254 g/mol. The van der Waals surface area contributed by atoms with E-state index in [0.29, 0.717) is 6.04 Å². The maximum absolute atomic E-state index is 10.6. The second-order valence-corrected chi connectivity index (χ2v) is 4.85. The van der Waals surface area contributed by atoms with Crippen LogP contribution in [0.1, 0.15) is 17.2 Å². The van der Waals surface area contributed by atoms with Crippen molar-refractivity contribution >= 4 is 11.4 Å². The molecular weight excluding hydrogens is 240 g/mol. The van der Waals surface area contributed by atoms with Crippen molar-refractivity contribution in [1.82, 2.24) is 0 Å². The number of aryl methyl sites for hydroxylation is 1. The number of non-ortho nitro benzene ring substituents is 1. The van der Waals surface area contributed by atoms with Crippen molar-refractivity contribution in [3.05, 3.63) is 69.8 Å². The van der Waals surface area contributed by atoms with Gasteiger partial charge in [-0.05, 0) is 24.6 Å². The summed E-state index contributed by atoms with van der Waals surface area (Å²) in [6, 6.07) is 15.6. The van der Waals surface area contributed by atoms with Crippen molar-refractivity contribution < 1.29 is 4.92 Å². The zero-order valence-electron chi connectivity index (χ0n) is 10.6. The molecule has 1 unspecified atom stereocenters. The Labute approximate surface area is 111 Å². The Morgan fingerprint density at radius 3 is 2.32 bits per heavy atom. The molecule has 0 bridgehead atoms. The van der Waals surface area contributed by atoms with Crippen LogP contribution in [0.15, 0.2) is 48.5 Å². The quantitative estimate of drug-likeness (QED) is 0.478. The fourth-order valence-electron chi connectivity index (χ4n) is 2.26. The molecule has 0 radical (unpaired) electrons. The van der Waals surface area contributed by atoms with Crippen LogP contribution in [0.5, 0.6) is 0 Å². The zero-order valence-corrected chi connectivity index (χ0v) is 10.6. The lowest BCUT2D eigenvalue weighted by molar-refractivity contribution is -0.384. The van der Waals surface area contributed by atoms with Crippen molar-refractivity contribution in [2.24, 2.45) is 0 Å². The number of rotatable bonds is 3. The maximum atomic E-state index is 10.6. The van der Waals surface area contributed by atoms with Crippen molar-refractivity contribution in [1.29, 1.82) is 0 Å². The van der Waals surface area contributed by atoms with Gasteiger partial charge in [-0.3, -0.25) is 10.1 Å². The van der Waals surface area contributed by atoms with Gasteiger partial charge in [-0.15, -0.1) is 0 Å². The minimum atomic E-state index is -0.367. The van der Waals surface area contributed by atoms with E-state index in [1.54, 1.807) is 12.1 Å². The van der Waals surface area contributed by atoms with E-state index in [1.165, 1.54) is 11.3 Å². The van der Waals surface area contributed by atoms with E-state index in [-0.39, 0.29) is 10.6 Å². The molecule has 0 N–H and O–H groups in total. The minimum absolute atomic E-state index is 0.145. The van der Waals surface area contributed by atoms with E-state index in [1.807, 2.05) is 12.1 Å². The first kappa shape index (κ1) is 11.7. The van der Waals surface area contributed by atoms with Crippen molar-refractivity contribution in [3.8, 4) is 0 Å². The average molecular weight is 254 g/mol. The summed E-state index contributed by atoms with van der Waals surface area (Å²) in [5, 5.41) is 10.6. The summed E-state index contributed by atoms with van der Waals surface area (Å²) in [5.74, 6) is 0. The Hall–Kier alpha value is -2.36. The number of nitro groups is 1. The molecule has 2 aromatic rings. The van der Waals surface area contributed by atoms with Gasteiger partial charge in [-0.1, -0.05) is 29.8 Å².